The van der Waals surface area contributed by atoms with E-state index in [1.165, 1.54) is 51.4 Å². The largest absolute Gasteiger partial charge is 0.339 e. The van der Waals surface area contributed by atoms with E-state index in [0.29, 0.717) is 11.4 Å². The summed E-state index contributed by atoms with van der Waals surface area (Å²) in [6.45, 7) is 2.24. The van der Waals surface area contributed by atoms with Crippen LogP contribution in [0.3, 0.4) is 0 Å². The van der Waals surface area contributed by atoms with E-state index in [-0.39, 0.29) is 11.0 Å². The van der Waals surface area contributed by atoms with Gasteiger partial charge in [-0.1, -0.05) is 118 Å². The number of alkyl halides is 3. The Balaban J connectivity index is 2.25. The van der Waals surface area contributed by atoms with Crippen LogP contribution in [0.4, 0.5) is 5.69 Å². The van der Waals surface area contributed by atoms with Crippen LogP contribution in [0.2, 0.25) is 5.02 Å². The van der Waals surface area contributed by atoms with Crippen molar-refractivity contribution in [3.8, 4) is 0 Å². The lowest BCUT2D eigenvalue weighted by molar-refractivity contribution is -0.122. The molecule has 9 heteroatoms. The number of anilines is 1. The van der Waals surface area contributed by atoms with Crippen molar-refractivity contribution >= 4 is 75.3 Å². The van der Waals surface area contributed by atoms with Crippen LogP contribution in [0.5, 0.6) is 0 Å². The van der Waals surface area contributed by atoms with Crippen LogP contribution in [0, 0.1) is 0 Å². The van der Waals surface area contributed by atoms with Crippen LogP contribution in [0.25, 0.3) is 0 Å². The molecule has 1 rings (SSSR count). The number of benzene rings is 1. The molecule has 0 unspecified atom stereocenters. The smallest absolute Gasteiger partial charge is 0.228 e. The van der Waals surface area contributed by atoms with E-state index >= 15 is 0 Å². The molecular formula is C23H35Cl4N3OS. The standard InChI is InChI=1S/C23H35Cl4N3OS/c1-2-3-4-5-6-7-8-9-10-11-12-13-20(31)29-21(23(25,26)27)30-22(32)28-19-16-14-18(24)15-17-19/h14-17,21H,2-13H2,1H3,(H,29,31)(H2,28,30,32)/t21-/m1/s1. The highest BCUT2D eigenvalue weighted by Crippen LogP contribution is 2.29. The fourth-order valence-electron chi connectivity index (χ4n) is 3.21. The van der Waals surface area contributed by atoms with Gasteiger partial charge >= 0.3 is 0 Å². The SMILES string of the molecule is CCCCCCCCCCCCCC(=O)N[C@H](NC(=S)Nc1ccc(Cl)cc1)C(Cl)(Cl)Cl. The van der Waals surface area contributed by atoms with Crippen molar-refractivity contribution in [2.24, 2.45) is 0 Å². The van der Waals surface area contributed by atoms with E-state index in [1.54, 1.807) is 24.3 Å². The number of carbonyl (C=O) groups is 1. The molecular weight excluding hydrogens is 508 g/mol. The molecule has 182 valence electrons. The van der Waals surface area contributed by atoms with Crippen LogP contribution < -0.4 is 16.0 Å². The number of amides is 1. The predicted octanol–water partition coefficient (Wildman–Crippen LogP) is 8.14. The molecule has 1 aromatic rings. The quantitative estimate of drug-likeness (QED) is 0.0905. The van der Waals surface area contributed by atoms with E-state index in [9.17, 15) is 4.79 Å². The number of nitrogens with one attached hydrogen (secondary N) is 3. The molecule has 0 bridgehead atoms. The Hall–Kier alpha value is -0.460. The van der Waals surface area contributed by atoms with E-state index in [1.807, 2.05) is 0 Å². The van der Waals surface area contributed by atoms with Crippen molar-refractivity contribution < 1.29 is 4.79 Å². The minimum Gasteiger partial charge on any atom is -0.339 e. The van der Waals surface area contributed by atoms with Gasteiger partial charge in [0.05, 0.1) is 0 Å². The number of unbranched alkanes of at least 4 members (excludes halogenated alkanes) is 10. The van der Waals surface area contributed by atoms with Gasteiger partial charge in [-0.15, -0.1) is 0 Å². The first-order valence-corrected chi connectivity index (χ1v) is 13.3. The molecule has 1 aromatic carbocycles. The topological polar surface area (TPSA) is 53.2 Å². The predicted molar refractivity (Wildman–Crippen MR) is 144 cm³/mol. The number of rotatable bonds is 15. The fourth-order valence-corrected chi connectivity index (χ4v) is 3.90. The maximum absolute atomic E-state index is 12.3. The molecule has 4 nitrogen and oxygen atoms in total. The normalized spacial score (nSPS) is 12.3. The molecule has 0 heterocycles. The van der Waals surface area contributed by atoms with Crippen LogP contribution >= 0.6 is 58.6 Å². The highest BCUT2D eigenvalue weighted by atomic mass is 35.6. The number of carbonyl (C=O) groups excluding carboxylic acids is 1. The average Bonchev–Trinajstić information content (AvgIpc) is 2.72. The van der Waals surface area contributed by atoms with Gasteiger partial charge in [-0.3, -0.25) is 4.79 Å². The molecule has 1 amide bonds. The van der Waals surface area contributed by atoms with Gasteiger partial charge in [0.1, 0.15) is 6.17 Å². The molecule has 1 atom stereocenters. The maximum atomic E-state index is 12.3. The fraction of sp³-hybridized carbons (Fsp3) is 0.652. The second kappa shape index (κ2) is 17.0. The first-order chi connectivity index (χ1) is 15.2. The van der Waals surface area contributed by atoms with Crippen molar-refractivity contribution in [3.63, 3.8) is 0 Å². The zero-order valence-electron chi connectivity index (χ0n) is 18.7. The summed E-state index contributed by atoms with van der Waals surface area (Å²) in [4.78, 5) is 12.3. The van der Waals surface area contributed by atoms with E-state index in [4.69, 9.17) is 58.6 Å². The van der Waals surface area contributed by atoms with Crippen molar-refractivity contribution in [2.45, 2.75) is 93.9 Å². The monoisotopic (exact) mass is 541 g/mol. The van der Waals surface area contributed by atoms with Gasteiger partial charge in [0.25, 0.3) is 0 Å². The number of halogens is 4. The Labute approximate surface area is 218 Å². The van der Waals surface area contributed by atoms with Crippen LogP contribution in [-0.4, -0.2) is 21.0 Å². The molecule has 0 radical (unpaired) electrons. The number of thiocarbonyl (C=S) groups is 1. The van der Waals surface area contributed by atoms with Crippen LogP contribution in [-0.2, 0) is 4.79 Å². The van der Waals surface area contributed by atoms with Gasteiger partial charge < -0.3 is 16.0 Å². The maximum Gasteiger partial charge on any atom is 0.228 e. The molecule has 0 aromatic heterocycles. The Morgan fingerprint density at radius 3 is 1.88 bits per heavy atom. The molecule has 0 spiro atoms. The lowest BCUT2D eigenvalue weighted by Gasteiger charge is -2.27. The molecule has 32 heavy (non-hydrogen) atoms. The molecule has 0 saturated heterocycles. The van der Waals surface area contributed by atoms with Crippen molar-refractivity contribution in [2.75, 3.05) is 5.32 Å². The second-order valence-corrected chi connectivity index (χ2v) is 11.1. The summed E-state index contributed by atoms with van der Waals surface area (Å²) in [5.41, 5.74) is 0.724. The second-order valence-electron chi connectivity index (χ2n) is 7.93. The summed E-state index contributed by atoms with van der Waals surface area (Å²) in [5, 5.41) is 9.38. The van der Waals surface area contributed by atoms with Gasteiger partial charge in [-0.05, 0) is 42.9 Å². The minimum absolute atomic E-state index is 0.181. The van der Waals surface area contributed by atoms with Gasteiger partial charge in [-0.2, -0.15) is 0 Å². The lowest BCUT2D eigenvalue weighted by atomic mass is 10.1. The molecule has 0 fully saturated rings. The molecule has 0 saturated carbocycles. The first-order valence-electron chi connectivity index (χ1n) is 11.4. The van der Waals surface area contributed by atoms with Crippen molar-refractivity contribution in [1.82, 2.24) is 10.6 Å². The average molecular weight is 543 g/mol. The molecule has 3 N–H and O–H groups in total. The molecule has 0 aliphatic rings. The lowest BCUT2D eigenvalue weighted by Crippen LogP contribution is -2.56. The van der Waals surface area contributed by atoms with Gasteiger partial charge in [0.15, 0.2) is 5.11 Å². The Kier molecular flexibility index (Phi) is 15.8. The van der Waals surface area contributed by atoms with E-state index < -0.39 is 9.96 Å². The van der Waals surface area contributed by atoms with E-state index in [0.717, 1.165) is 24.9 Å². The van der Waals surface area contributed by atoms with Gasteiger partial charge in [0.2, 0.25) is 9.70 Å². The highest BCUT2D eigenvalue weighted by molar-refractivity contribution is 7.80. The Morgan fingerprint density at radius 2 is 1.38 bits per heavy atom. The van der Waals surface area contributed by atoms with E-state index in [2.05, 4.69) is 22.9 Å². The van der Waals surface area contributed by atoms with Gasteiger partial charge in [-0.25, -0.2) is 0 Å². The zero-order chi connectivity index (χ0) is 23.8. The van der Waals surface area contributed by atoms with Gasteiger partial charge in [0, 0.05) is 17.1 Å². The van der Waals surface area contributed by atoms with Crippen molar-refractivity contribution in [3.05, 3.63) is 29.3 Å². The van der Waals surface area contributed by atoms with Crippen LogP contribution in [0.1, 0.15) is 84.0 Å². The summed E-state index contributed by atoms with van der Waals surface area (Å²) in [6.07, 6.45) is 12.9. The number of hydrogen-bond acceptors (Lipinski definition) is 2. The summed E-state index contributed by atoms with van der Waals surface area (Å²) in [5.74, 6) is -0.181. The Bertz CT molecular complexity index is 668. The summed E-state index contributed by atoms with van der Waals surface area (Å²) in [6, 6.07) is 7.00. The summed E-state index contributed by atoms with van der Waals surface area (Å²) < 4.78 is -1.77. The summed E-state index contributed by atoms with van der Waals surface area (Å²) in [7, 11) is 0. The number of hydrogen-bond donors (Lipinski definition) is 3. The third kappa shape index (κ3) is 14.6. The van der Waals surface area contributed by atoms with Crippen molar-refractivity contribution in [1.29, 1.82) is 0 Å². The molecule has 0 aliphatic carbocycles. The third-order valence-corrected chi connectivity index (χ3v) is 6.14. The Morgan fingerprint density at radius 1 is 0.875 bits per heavy atom. The third-order valence-electron chi connectivity index (χ3n) is 5.02. The zero-order valence-corrected chi connectivity index (χ0v) is 22.5. The summed E-state index contributed by atoms with van der Waals surface area (Å²) >= 11 is 29.2. The minimum atomic E-state index is -1.77. The van der Waals surface area contributed by atoms with Crippen LogP contribution in [0.15, 0.2) is 24.3 Å². The highest BCUT2D eigenvalue weighted by Gasteiger charge is 2.34. The first kappa shape index (κ1) is 29.6. The molecule has 0 aliphatic heterocycles.